The Bertz CT molecular complexity index is 577. The normalized spacial score (nSPS) is 16.2. The number of halogens is 1. The van der Waals surface area contributed by atoms with Gasteiger partial charge in [-0.1, -0.05) is 11.6 Å². The Hall–Kier alpha value is -1.79. The number of nitrogens with two attached hydrogens (primary N) is 1. The fourth-order valence-electron chi connectivity index (χ4n) is 2.27. The van der Waals surface area contributed by atoms with Crippen LogP contribution < -0.4 is 15.4 Å². The zero-order chi connectivity index (χ0) is 14.7. The molecule has 21 heavy (non-hydrogen) atoms. The Morgan fingerprint density at radius 2 is 2.00 bits per heavy atom. The van der Waals surface area contributed by atoms with Gasteiger partial charge in [-0.05, 0) is 37.1 Å². The van der Waals surface area contributed by atoms with Gasteiger partial charge in [0.15, 0.2) is 5.82 Å². The second kappa shape index (κ2) is 6.32. The molecule has 3 rings (SSSR count). The molecule has 1 aliphatic rings. The molecule has 0 radical (unpaired) electrons. The second-order valence-electron chi connectivity index (χ2n) is 5.15. The minimum Gasteiger partial charge on any atom is -0.486 e. The molecule has 0 amide bonds. The van der Waals surface area contributed by atoms with E-state index >= 15 is 0 Å². The summed E-state index contributed by atoms with van der Waals surface area (Å²) in [4.78, 5) is 6.60. The summed E-state index contributed by atoms with van der Waals surface area (Å²) >= 11 is 5.83. The third-order valence-electron chi connectivity index (χ3n) is 3.53. The number of nitrogens with zero attached hydrogens (tertiary/aromatic N) is 3. The molecule has 3 N–H and O–H groups in total. The fourth-order valence-corrected chi connectivity index (χ4v) is 2.40. The van der Waals surface area contributed by atoms with Gasteiger partial charge in [-0.3, -0.25) is 5.10 Å². The summed E-state index contributed by atoms with van der Waals surface area (Å²) < 4.78 is 5.63. The zero-order valence-corrected chi connectivity index (χ0v) is 12.4. The molecule has 1 fully saturated rings. The Morgan fingerprint density at radius 1 is 1.29 bits per heavy atom. The monoisotopic (exact) mass is 307 g/mol. The van der Waals surface area contributed by atoms with Gasteiger partial charge in [0, 0.05) is 24.2 Å². The topological polar surface area (TPSA) is 80.1 Å². The standard InChI is InChI=1S/C14H18ClN5O/c15-10-1-3-12(4-2-10)21-9-13-17-14(19-18-13)20-7-5-11(16)6-8-20/h1-4,11H,5-9,16H2,(H,17,18,19). The molecule has 7 heteroatoms. The number of H-pyrrole nitrogens is 1. The molecular weight excluding hydrogens is 290 g/mol. The van der Waals surface area contributed by atoms with Crippen molar-refractivity contribution in [3.8, 4) is 5.75 Å². The van der Waals surface area contributed by atoms with Gasteiger partial charge in [-0.2, -0.15) is 4.98 Å². The van der Waals surface area contributed by atoms with E-state index in [2.05, 4.69) is 20.1 Å². The number of ether oxygens (including phenoxy) is 1. The minimum absolute atomic E-state index is 0.299. The molecule has 2 heterocycles. The molecule has 0 aliphatic carbocycles. The van der Waals surface area contributed by atoms with Crippen LogP contribution in [0.25, 0.3) is 0 Å². The molecule has 6 nitrogen and oxygen atoms in total. The van der Waals surface area contributed by atoms with Crippen molar-refractivity contribution in [2.75, 3.05) is 18.0 Å². The van der Waals surface area contributed by atoms with Crippen molar-refractivity contribution < 1.29 is 4.74 Å². The lowest BCUT2D eigenvalue weighted by molar-refractivity contribution is 0.296. The maximum atomic E-state index is 5.90. The Kier molecular flexibility index (Phi) is 4.26. The molecule has 0 spiro atoms. The first-order valence-electron chi connectivity index (χ1n) is 7.01. The number of piperidine rings is 1. The van der Waals surface area contributed by atoms with Crippen LogP contribution >= 0.6 is 11.6 Å². The number of nitrogens with one attached hydrogen (secondary N) is 1. The quantitative estimate of drug-likeness (QED) is 0.902. The maximum Gasteiger partial charge on any atom is 0.244 e. The first-order valence-corrected chi connectivity index (χ1v) is 7.38. The van der Waals surface area contributed by atoms with Gasteiger partial charge in [0.1, 0.15) is 12.4 Å². The molecule has 0 unspecified atom stereocenters. The molecule has 112 valence electrons. The van der Waals surface area contributed by atoms with Crippen LogP contribution in [0.3, 0.4) is 0 Å². The van der Waals surface area contributed by atoms with E-state index in [0.29, 0.717) is 23.5 Å². The van der Waals surface area contributed by atoms with Crippen LogP contribution in [0.2, 0.25) is 5.02 Å². The minimum atomic E-state index is 0.299. The van der Waals surface area contributed by atoms with E-state index < -0.39 is 0 Å². The van der Waals surface area contributed by atoms with Gasteiger partial charge < -0.3 is 15.4 Å². The number of rotatable bonds is 4. The summed E-state index contributed by atoms with van der Waals surface area (Å²) in [5, 5.41) is 7.84. The molecule has 0 bridgehead atoms. The van der Waals surface area contributed by atoms with Crippen molar-refractivity contribution in [2.24, 2.45) is 5.73 Å². The van der Waals surface area contributed by atoms with E-state index in [4.69, 9.17) is 22.1 Å². The van der Waals surface area contributed by atoms with Gasteiger partial charge >= 0.3 is 0 Å². The van der Waals surface area contributed by atoms with Crippen molar-refractivity contribution >= 4 is 17.5 Å². The third-order valence-corrected chi connectivity index (χ3v) is 3.78. The third kappa shape index (κ3) is 3.65. The highest BCUT2D eigenvalue weighted by Gasteiger charge is 2.19. The van der Waals surface area contributed by atoms with Crippen LogP contribution in [0, 0.1) is 0 Å². The van der Waals surface area contributed by atoms with Crippen LogP contribution in [-0.4, -0.2) is 34.3 Å². The highest BCUT2D eigenvalue weighted by atomic mass is 35.5. The van der Waals surface area contributed by atoms with E-state index in [1.54, 1.807) is 12.1 Å². The zero-order valence-electron chi connectivity index (χ0n) is 11.6. The van der Waals surface area contributed by atoms with Crippen LogP contribution in [0.1, 0.15) is 18.7 Å². The van der Waals surface area contributed by atoms with Gasteiger partial charge in [-0.15, -0.1) is 5.10 Å². The number of hydrogen-bond donors (Lipinski definition) is 2. The second-order valence-corrected chi connectivity index (χ2v) is 5.59. The van der Waals surface area contributed by atoms with Crippen molar-refractivity contribution in [3.05, 3.63) is 35.1 Å². The van der Waals surface area contributed by atoms with E-state index in [1.807, 2.05) is 12.1 Å². The highest BCUT2D eigenvalue weighted by Crippen LogP contribution is 2.18. The van der Waals surface area contributed by atoms with Crippen LogP contribution in [-0.2, 0) is 6.61 Å². The van der Waals surface area contributed by atoms with Crippen molar-refractivity contribution in [1.29, 1.82) is 0 Å². The molecule has 2 aromatic rings. The lowest BCUT2D eigenvalue weighted by Gasteiger charge is -2.28. The lowest BCUT2D eigenvalue weighted by Crippen LogP contribution is -2.40. The summed E-state index contributed by atoms with van der Waals surface area (Å²) in [6.07, 6.45) is 1.95. The van der Waals surface area contributed by atoms with Crippen molar-refractivity contribution in [1.82, 2.24) is 15.2 Å². The van der Waals surface area contributed by atoms with Crippen LogP contribution in [0.5, 0.6) is 5.75 Å². The van der Waals surface area contributed by atoms with E-state index in [1.165, 1.54) is 0 Å². The predicted octanol–water partition coefficient (Wildman–Crippen LogP) is 1.96. The first-order chi connectivity index (χ1) is 10.2. The van der Waals surface area contributed by atoms with E-state index in [9.17, 15) is 0 Å². The summed E-state index contributed by atoms with van der Waals surface area (Å²) in [6, 6.07) is 7.53. The summed E-state index contributed by atoms with van der Waals surface area (Å²) in [6.45, 7) is 2.15. The van der Waals surface area contributed by atoms with Crippen molar-refractivity contribution in [3.63, 3.8) is 0 Å². The molecule has 0 saturated carbocycles. The Balaban J connectivity index is 1.56. The van der Waals surface area contributed by atoms with E-state index in [-0.39, 0.29) is 0 Å². The average molecular weight is 308 g/mol. The van der Waals surface area contributed by atoms with Gasteiger partial charge in [0.05, 0.1) is 0 Å². The SMILES string of the molecule is NC1CCN(c2n[nH]c(COc3ccc(Cl)cc3)n2)CC1. The Morgan fingerprint density at radius 3 is 2.71 bits per heavy atom. The summed E-state index contributed by atoms with van der Waals surface area (Å²) in [7, 11) is 0. The predicted molar refractivity (Wildman–Crippen MR) is 81.6 cm³/mol. The van der Waals surface area contributed by atoms with Gasteiger partial charge in [-0.25, -0.2) is 0 Å². The maximum absolute atomic E-state index is 5.90. The molecular formula is C14H18ClN5O. The Labute approximate surface area is 128 Å². The smallest absolute Gasteiger partial charge is 0.244 e. The molecule has 1 saturated heterocycles. The summed E-state index contributed by atoms with van der Waals surface area (Å²) in [5.41, 5.74) is 5.90. The molecule has 1 aromatic carbocycles. The largest absolute Gasteiger partial charge is 0.486 e. The molecule has 1 aliphatic heterocycles. The lowest BCUT2D eigenvalue weighted by atomic mass is 10.1. The molecule has 0 atom stereocenters. The van der Waals surface area contributed by atoms with E-state index in [0.717, 1.165) is 37.6 Å². The number of hydrogen-bond acceptors (Lipinski definition) is 5. The highest BCUT2D eigenvalue weighted by molar-refractivity contribution is 6.30. The van der Waals surface area contributed by atoms with Crippen molar-refractivity contribution in [2.45, 2.75) is 25.5 Å². The number of aromatic nitrogens is 3. The molecule has 1 aromatic heterocycles. The number of anilines is 1. The number of benzene rings is 1. The van der Waals surface area contributed by atoms with Gasteiger partial charge in [0.25, 0.3) is 0 Å². The van der Waals surface area contributed by atoms with Crippen LogP contribution in [0.4, 0.5) is 5.95 Å². The van der Waals surface area contributed by atoms with Gasteiger partial charge in [0.2, 0.25) is 5.95 Å². The number of aromatic amines is 1. The summed E-state index contributed by atoms with van der Waals surface area (Å²) in [5.74, 6) is 2.17. The average Bonchev–Trinajstić information content (AvgIpc) is 2.96. The first kappa shape index (κ1) is 14.2. The van der Waals surface area contributed by atoms with Crippen LogP contribution in [0.15, 0.2) is 24.3 Å². The fraction of sp³-hybridized carbons (Fsp3) is 0.429.